The van der Waals surface area contributed by atoms with Gasteiger partial charge in [-0.3, -0.25) is 9.59 Å². The summed E-state index contributed by atoms with van der Waals surface area (Å²) < 4.78 is 4.84. The van der Waals surface area contributed by atoms with Gasteiger partial charge >= 0.3 is 0 Å². The number of amides is 2. The lowest BCUT2D eigenvalue weighted by atomic mass is 10.0. The number of nitrogens with one attached hydrogen (secondary N) is 1. The fraction of sp³-hybridized carbons (Fsp3) is 0.846. The van der Waals surface area contributed by atoms with Crippen molar-refractivity contribution in [3.63, 3.8) is 0 Å². The minimum atomic E-state index is -0.548. The van der Waals surface area contributed by atoms with Crippen molar-refractivity contribution >= 4 is 11.8 Å². The van der Waals surface area contributed by atoms with Gasteiger partial charge in [-0.1, -0.05) is 6.92 Å². The topological polar surface area (TPSA) is 61.9 Å². The van der Waals surface area contributed by atoms with Crippen LogP contribution in [0, 0.1) is 0 Å². The predicted molar refractivity (Wildman–Crippen MR) is 72.8 cm³/mol. The number of hydrogen-bond acceptors (Lipinski definition) is 4. The Morgan fingerprint density at radius 1 is 1.16 bits per heavy atom. The molecule has 1 fully saturated rings. The van der Waals surface area contributed by atoms with E-state index in [1.54, 1.807) is 4.90 Å². The average Bonchev–Trinajstić information content (AvgIpc) is 2.38. The van der Waals surface area contributed by atoms with Gasteiger partial charge in [0.2, 0.25) is 11.8 Å². The van der Waals surface area contributed by atoms with Crippen LogP contribution in [0.1, 0.15) is 20.8 Å². The zero-order chi connectivity index (χ0) is 14.5. The van der Waals surface area contributed by atoms with E-state index in [0.29, 0.717) is 26.2 Å². The van der Waals surface area contributed by atoms with E-state index in [0.717, 1.165) is 6.54 Å². The van der Waals surface area contributed by atoms with Crippen molar-refractivity contribution in [2.45, 2.75) is 26.3 Å². The number of hydrogen-bond donors (Lipinski definition) is 1. The molecule has 1 saturated heterocycles. The molecule has 1 aliphatic heterocycles. The lowest BCUT2D eigenvalue weighted by molar-refractivity contribution is -0.144. The largest absolute Gasteiger partial charge is 0.375 e. The van der Waals surface area contributed by atoms with Gasteiger partial charge in [-0.2, -0.15) is 0 Å². The molecule has 0 aliphatic carbocycles. The summed E-state index contributed by atoms with van der Waals surface area (Å²) in [6.07, 6.45) is 0. The minimum Gasteiger partial charge on any atom is -0.375 e. The van der Waals surface area contributed by atoms with Crippen LogP contribution in [0.2, 0.25) is 0 Å². The van der Waals surface area contributed by atoms with Gasteiger partial charge in [0.05, 0.1) is 5.54 Å². The van der Waals surface area contributed by atoms with Gasteiger partial charge < -0.3 is 19.9 Å². The number of nitrogens with zero attached hydrogens (tertiary/aromatic N) is 2. The van der Waals surface area contributed by atoms with Crippen molar-refractivity contribution < 1.29 is 14.3 Å². The fourth-order valence-electron chi connectivity index (χ4n) is 2.29. The van der Waals surface area contributed by atoms with Crippen LogP contribution in [0.4, 0.5) is 0 Å². The maximum atomic E-state index is 12.3. The second kappa shape index (κ2) is 6.86. The first-order valence-corrected chi connectivity index (χ1v) is 6.73. The molecule has 0 unspecified atom stereocenters. The van der Waals surface area contributed by atoms with E-state index in [4.69, 9.17) is 4.74 Å². The van der Waals surface area contributed by atoms with Crippen LogP contribution in [-0.4, -0.2) is 73.6 Å². The molecule has 0 spiro atoms. The van der Waals surface area contributed by atoms with Crippen molar-refractivity contribution in [2.24, 2.45) is 0 Å². The smallest absolute Gasteiger partial charge is 0.248 e. The van der Waals surface area contributed by atoms with Crippen molar-refractivity contribution in [1.82, 2.24) is 15.1 Å². The van der Waals surface area contributed by atoms with E-state index in [1.165, 1.54) is 7.11 Å². The maximum absolute atomic E-state index is 12.3. The normalized spacial score (nSPS) is 16.6. The van der Waals surface area contributed by atoms with Gasteiger partial charge in [0.15, 0.2) is 0 Å². The maximum Gasteiger partial charge on any atom is 0.248 e. The summed E-state index contributed by atoms with van der Waals surface area (Å²) in [6.45, 7) is 8.96. The van der Waals surface area contributed by atoms with E-state index in [1.807, 2.05) is 25.7 Å². The molecule has 1 heterocycles. The van der Waals surface area contributed by atoms with E-state index in [9.17, 15) is 9.59 Å². The molecular formula is C13H25N3O3. The van der Waals surface area contributed by atoms with Crippen molar-refractivity contribution in [1.29, 1.82) is 0 Å². The molecule has 0 aromatic carbocycles. The highest BCUT2D eigenvalue weighted by Crippen LogP contribution is 2.11. The summed E-state index contributed by atoms with van der Waals surface area (Å²) in [5, 5.41) is 3.18. The summed E-state index contributed by atoms with van der Waals surface area (Å²) in [4.78, 5) is 27.6. The van der Waals surface area contributed by atoms with Crippen LogP contribution in [0.15, 0.2) is 0 Å². The summed E-state index contributed by atoms with van der Waals surface area (Å²) in [5.74, 6) is 0.0775. The first-order valence-electron chi connectivity index (χ1n) is 6.73. The minimum absolute atomic E-state index is 0.0134. The zero-order valence-corrected chi connectivity index (χ0v) is 12.4. The Balaban J connectivity index is 2.49. The first kappa shape index (κ1) is 15.9. The Bertz CT molecular complexity index is 323. The molecule has 1 aliphatic rings. The molecule has 0 aromatic heterocycles. The lowest BCUT2D eigenvalue weighted by Gasteiger charge is -2.38. The standard InChI is InChI=1S/C13H25N3O3/c1-5-14-13(2,3)12(18)16-8-6-15(7-9-16)11(17)10-19-4/h14H,5-10H2,1-4H3. The summed E-state index contributed by atoms with van der Waals surface area (Å²) in [6, 6.07) is 0. The lowest BCUT2D eigenvalue weighted by Crippen LogP contribution is -2.59. The second-order valence-electron chi connectivity index (χ2n) is 5.26. The number of carbonyl (C=O) groups excluding carboxylic acids is 2. The average molecular weight is 271 g/mol. The zero-order valence-electron chi connectivity index (χ0n) is 12.4. The first-order chi connectivity index (χ1) is 8.92. The molecule has 0 saturated carbocycles. The molecule has 110 valence electrons. The third-order valence-corrected chi connectivity index (χ3v) is 3.34. The Kier molecular flexibility index (Phi) is 5.75. The summed E-state index contributed by atoms with van der Waals surface area (Å²) >= 11 is 0. The molecule has 0 aromatic rings. The van der Waals surface area contributed by atoms with Gasteiger partial charge in [0.25, 0.3) is 0 Å². The van der Waals surface area contributed by atoms with Crippen LogP contribution in [0.3, 0.4) is 0 Å². The Morgan fingerprint density at radius 2 is 1.68 bits per heavy atom. The van der Waals surface area contributed by atoms with Gasteiger partial charge in [-0.05, 0) is 20.4 Å². The molecule has 19 heavy (non-hydrogen) atoms. The number of likely N-dealkylation sites (N-methyl/N-ethyl adjacent to an activating group) is 1. The molecule has 0 atom stereocenters. The van der Waals surface area contributed by atoms with Crippen molar-refractivity contribution in [3.05, 3.63) is 0 Å². The molecular weight excluding hydrogens is 246 g/mol. The van der Waals surface area contributed by atoms with Gasteiger partial charge in [0, 0.05) is 33.3 Å². The van der Waals surface area contributed by atoms with Gasteiger partial charge in [0.1, 0.15) is 6.61 Å². The van der Waals surface area contributed by atoms with E-state index in [-0.39, 0.29) is 18.4 Å². The van der Waals surface area contributed by atoms with E-state index in [2.05, 4.69) is 5.32 Å². The number of methoxy groups -OCH3 is 1. The SMILES string of the molecule is CCNC(C)(C)C(=O)N1CCN(C(=O)COC)CC1. The monoisotopic (exact) mass is 271 g/mol. The van der Waals surface area contributed by atoms with Crippen LogP contribution in [0.25, 0.3) is 0 Å². The summed E-state index contributed by atoms with van der Waals surface area (Å²) in [5.41, 5.74) is -0.548. The number of carbonyl (C=O) groups is 2. The number of rotatable bonds is 5. The number of ether oxygens (including phenoxy) is 1. The highest BCUT2D eigenvalue weighted by atomic mass is 16.5. The van der Waals surface area contributed by atoms with E-state index >= 15 is 0 Å². The molecule has 0 bridgehead atoms. The van der Waals surface area contributed by atoms with Crippen molar-refractivity contribution in [2.75, 3.05) is 46.4 Å². The van der Waals surface area contributed by atoms with Gasteiger partial charge in [-0.15, -0.1) is 0 Å². The Hall–Kier alpha value is -1.14. The van der Waals surface area contributed by atoms with Crippen molar-refractivity contribution in [3.8, 4) is 0 Å². The van der Waals surface area contributed by atoms with Crippen LogP contribution in [0.5, 0.6) is 0 Å². The second-order valence-corrected chi connectivity index (χ2v) is 5.26. The molecule has 2 amide bonds. The molecule has 1 N–H and O–H groups in total. The molecule has 6 nitrogen and oxygen atoms in total. The highest BCUT2D eigenvalue weighted by Gasteiger charge is 2.33. The highest BCUT2D eigenvalue weighted by molar-refractivity contribution is 5.86. The third-order valence-electron chi connectivity index (χ3n) is 3.34. The summed E-state index contributed by atoms with van der Waals surface area (Å²) in [7, 11) is 1.51. The predicted octanol–water partition coefficient (Wildman–Crippen LogP) is -0.308. The fourth-order valence-corrected chi connectivity index (χ4v) is 2.29. The Labute approximate surface area is 115 Å². The van der Waals surface area contributed by atoms with Crippen LogP contribution < -0.4 is 5.32 Å². The third kappa shape index (κ3) is 4.18. The quantitative estimate of drug-likeness (QED) is 0.745. The molecule has 6 heteroatoms. The van der Waals surface area contributed by atoms with Gasteiger partial charge in [-0.25, -0.2) is 0 Å². The Morgan fingerprint density at radius 3 is 2.16 bits per heavy atom. The molecule has 1 rings (SSSR count). The number of piperazine rings is 1. The van der Waals surface area contributed by atoms with Crippen LogP contribution in [-0.2, 0) is 14.3 Å². The van der Waals surface area contributed by atoms with Crippen LogP contribution >= 0.6 is 0 Å². The van der Waals surface area contributed by atoms with E-state index < -0.39 is 5.54 Å². The molecule has 0 radical (unpaired) electrons.